The van der Waals surface area contributed by atoms with Crippen molar-refractivity contribution >= 4 is 17.5 Å². The fourth-order valence-corrected chi connectivity index (χ4v) is 2.83. The summed E-state index contributed by atoms with van der Waals surface area (Å²) in [6.45, 7) is 6.76. The molecule has 2 rings (SSSR count). The summed E-state index contributed by atoms with van der Waals surface area (Å²) in [5.74, 6) is 1.40. The van der Waals surface area contributed by atoms with E-state index in [1.165, 1.54) is 11.1 Å². The van der Waals surface area contributed by atoms with Gasteiger partial charge in [0.15, 0.2) is 5.78 Å². The summed E-state index contributed by atoms with van der Waals surface area (Å²) in [5, 5.41) is 0. The predicted octanol–water partition coefficient (Wildman–Crippen LogP) is 4.68. The van der Waals surface area contributed by atoms with Gasteiger partial charge in [0.25, 0.3) is 0 Å². The SMILES string of the molecule is CCOc1ccc(C(=O)CSc2ccc(C)c(C)c2)cc1. The fourth-order valence-electron chi connectivity index (χ4n) is 1.94. The number of ether oxygens (including phenoxy) is 1. The van der Waals surface area contributed by atoms with Gasteiger partial charge in [0.1, 0.15) is 5.75 Å². The third-order valence-corrected chi connectivity index (χ3v) is 4.33. The zero-order valence-corrected chi connectivity index (χ0v) is 13.5. The van der Waals surface area contributed by atoms with Gasteiger partial charge in [-0.1, -0.05) is 6.07 Å². The van der Waals surface area contributed by atoms with Crippen molar-refractivity contribution in [2.75, 3.05) is 12.4 Å². The Kier molecular flexibility index (Phi) is 5.45. The van der Waals surface area contributed by atoms with E-state index in [1.54, 1.807) is 11.8 Å². The number of rotatable bonds is 6. The van der Waals surface area contributed by atoms with Gasteiger partial charge in [-0.25, -0.2) is 0 Å². The minimum atomic E-state index is 0.140. The van der Waals surface area contributed by atoms with Crippen molar-refractivity contribution in [2.45, 2.75) is 25.7 Å². The topological polar surface area (TPSA) is 26.3 Å². The quantitative estimate of drug-likeness (QED) is 0.572. The van der Waals surface area contributed by atoms with Crippen molar-refractivity contribution < 1.29 is 9.53 Å². The molecule has 2 nitrogen and oxygen atoms in total. The molecule has 0 bridgehead atoms. The van der Waals surface area contributed by atoms with Gasteiger partial charge in [0.05, 0.1) is 12.4 Å². The summed E-state index contributed by atoms with van der Waals surface area (Å²) in [4.78, 5) is 13.3. The van der Waals surface area contributed by atoms with Crippen LogP contribution in [0.4, 0.5) is 0 Å². The summed E-state index contributed by atoms with van der Waals surface area (Å²) in [6, 6.07) is 13.6. The Hall–Kier alpha value is -1.74. The van der Waals surface area contributed by atoms with Crippen molar-refractivity contribution in [1.29, 1.82) is 0 Å². The lowest BCUT2D eigenvalue weighted by molar-refractivity contribution is 0.102. The van der Waals surface area contributed by atoms with E-state index in [-0.39, 0.29) is 5.78 Å². The molecular formula is C18H20O2S. The molecule has 0 amide bonds. The van der Waals surface area contributed by atoms with Crippen molar-refractivity contribution in [3.8, 4) is 5.75 Å². The first kappa shape index (κ1) is 15.6. The van der Waals surface area contributed by atoms with Crippen LogP contribution in [-0.4, -0.2) is 18.1 Å². The fraction of sp³-hybridized carbons (Fsp3) is 0.278. The highest BCUT2D eigenvalue weighted by Crippen LogP contribution is 2.22. The van der Waals surface area contributed by atoms with E-state index in [0.29, 0.717) is 12.4 Å². The predicted molar refractivity (Wildman–Crippen MR) is 88.6 cm³/mol. The highest BCUT2D eigenvalue weighted by molar-refractivity contribution is 8.00. The smallest absolute Gasteiger partial charge is 0.173 e. The van der Waals surface area contributed by atoms with Crippen LogP contribution in [0, 0.1) is 13.8 Å². The van der Waals surface area contributed by atoms with Gasteiger partial charge >= 0.3 is 0 Å². The highest BCUT2D eigenvalue weighted by Gasteiger charge is 2.07. The van der Waals surface area contributed by atoms with Crippen molar-refractivity contribution in [2.24, 2.45) is 0 Å². The molecule has 0 aliphatic heterocycles. The number of carbonyl (C=O) groups is 1. The van der Waals surface area contributed by atoms with Crippen LogP contribution in [0.25, 0.3) is 0 Å². The molecule has 0 saturated carbocycles. The zero-order valence-electron chi connectivity index (χ0n) is 12.7. The maximum absolute atomic E-state index is 12.2. The number of hydrogen-bond acceptors (Lipinski definition) is 3. The molecule has 0 spiro atoms. The molecule has 0 aromatic heterocycles. The highest BCUT2D eigenvalue weighted by atomic mass is 32.2. The molecule has 110 valence electrons. The van der Waals surface area contributed by atoms with Crippen LogP contribution in [0.3, 0.4) is 0 Å². The largest absolute Gasteiger partial charge is 0.494 e. The van der Waals surface area contributed by atoms with Gasteiger partial charge in [-0.3, -0.25) is 4.79 Å². The monoisotopic (exact) mass is 300 g/mol. The minimum absolute atomic E-state index is 0.140. The summed E-state index contributed by atoms with van der Waals surface area (Å²) in [5.41, 5.74) is 3.26. The van der Waals surface area contributed by atoms with Crippen LogP contribution >= 0.6 is 11.8 Å². The van der Waals surface area contributed by atoms with Crippen LogP contribution < -0.4 is 4.74 Å². The first-order chi connectivity index (χ1) is 10.1. The standard InChI is InChI=1S/C18H20O2S/c1-4-20-16-8-6-15(7-9-16)18(19)12-21-17-10-5-13(2)14(3)11-17/h5-11H,4,12H2,1-3H3. The molecule has 0 radical (unpaired) electrons. The van der Waals surface area contributed by atoms with E-state index in [4.69, 9.17) is 4.74 Å². The van der Waals surface area contributed by atoms with Gasteiger partial charge < -0.3 is 4.74 Å². The second-order valence-electron chi connectivity index (χ2n) is 4.92. The second-order valence-corrected chi connectivity index (χ2v) is 5.96. The molecule has 3 heteroatoms. The summed E-state index contributed by atoms with van der Waals surface area (Å²) in [6.07, 6.45) is 0. The lowest BCUT2D eigenvalue weighted by atomic mass is 10.1. The normalized spacial score (nSPS) is 10.4. The third-order valence-electron chi connectivity index (χ3n) is 3.34. The molecule has 0 fully saturated rings. The first-order valence-electron chi connectivity index (χ1n) is 7.06. The number of Topliss-reactive ketones (excluding diaryl/α,β-unsaturated/α-hetero) is 1. The van der Waals surface area contributed by atoms with Gasteiger partial charge in [-0.2, -0.15) is 0 Å². The first-order valence-corrected chi connectivity index (χ1v) is 8.05. The lowest BCUT2D eigenvalue weighted by Crippen LogP contribution is -2.02. The molecule has 0 saturated heterocycles. The summed E-state index contributed by atoms with van der Waals surface area (Å²) < 4.78 is 5.38. The molecule has 2 aromatic carbocycles. The average Bonchev–Trinajstić information content (AvgIpc) is 2.49. The second kappa shape index (κ2) is 7.32. The number of aryl methyl sites for hydroxylation is 2. The minimum Gasteiger partial charge on any atom is -0.494 e. The number of thioether (sulfide) groups is 1. The Bertz CT molecular complexity index is 618. The molecule has 0 heterocycles. The van der Waals surface area contributed by atoms with E-state index in [0.717, 1.165) is 16.2 Å². The average molecular weight is 300 g/mol. The molecule has 0 N–H and O–H groups in total. The Balaban J connectivity index is 1.96. The summed E-state index contributed by atoms with van der Waals surface area (Å²) in [7, 11) is 0. The molecular weight excluding hydrogens is 280 g/mol. The van der Waals surface area contributed by atoms with E-state index in [1.807, 2.05) is 31.2 Å². The Morgan fingerprint density at radius 2 is 1.76 bits per heavy atom. The van der Waals surface area contributed by atoms with Crippen molar-refractivity contribution in [3.05, 3.63) is 59.2 Å². The van der Waals surface area contributed by atoms with Crippen molar-refractivity contribution in [3.63, 3.8) is 0 Å². The number of benzene rings is 2. The van der Waals surface area contributed by atoms with E-state index < -0.39 is 0 Å². The van der Waals surface area contributed by atoms with Crippen LogP contribution in [-0.2, 0) is 0 Å². The van der Waals surface area contributed by atoms with Crippen LogP contribution in [0.1, 0.15) is 28.4 Å². The molecule has 2 aromatic rings. The van der Waals surface area contributed by atoms with E-state index in [9.17, 15) is 4.79 Å². The van der Waals surface area contributed by atoms with Gasteiger partial charge in [-0.05, 0) is 68.3 Å². The van der Waals surface area contributed by atoms with Crippen molar-refractivity contribution in [1.82, 2.24) is 0 Å². The maximum Gasteiger partial charge on any atom is 0.173 e. The van der Waals surface area contributed by atoms with Gasteiger partial charge in [-0.15, -0.1) is 11.8 Å². The summed E-state index contributed by atoms with van der Waals surface area (Å²) >= 11 is 1.58. The Morgan fingerprint density at radius 3 is 2.38 bits per heavy atom. The van der Waals surface area contributed by atoms with Gasteiger partial charge in [0, 0.05) is 10.5 Å². The molecule has 0 atom stereocenters. The Labute approximate surface area is 130 Å². The number of carbonyl (C=O) groups excluding carboxylic acids is 1. The maximum atomic E-state index is 12.2. The molecule has 0 aliphatic rings. The van der Waals surface area contributed by atoms with E-state index >= 15 is 0 Å². The van der Waals surface area contributed by atoms with Crippen LogP contribution in [0.15, 0.2) is 47.4 Å². The number of ketones is 1. The van der Waals surface area contributed by atoms with E-state index in [2.05, 4.69) is 32.0 Å². The molecule has 21 heavy (non-hydrogen) atoms. The van der Waals surface area contributed by atoms with Gasteiger partial charge in [0.2, 0.25) is 0 Å². The Morgan fingerprint density at radius 1 is 1.05 bits per heavy atom. The number of hydrogen-bond donors (Lipinski definition) is 0. The molecule has 0 unspecified atom stereocenters. The van der Waals surface area contributed by atoms with Crippen LogP contribution in [0.5, 0.6) is 5.75 Å². The third kappa shape index (κ3) is 4.36. The van der Waals surface area contributed by atoms with Crippen LogP contribution in [0.2, 0.25) is 0 Å². The zero-order chi connectivity index (χ0) is 15.2. The molecule has 0 aliphatic carbocycles. The lowest BCUT2D eigenvalue weighted by Gasteiger charge is -2.06.